The molecular formula is C25H39N5O4. The van der Waals surface area contributed by atoms with Gasteiger partial charge in [-0.05, 0) is 43.5 Å². The van der Waals surface area contributed by atoms with Crippen LogP contribution < -0.4 is 15.5 Å². The standard InChI is InChI=1S/C25H39N5O4/c1-3-13-30(24(32)19-34-2)18-23(31)26-21-9-11-22(12-10-21)28-14-16-29(17-15-28)25(33)27-20-7-5-4-6-8-20/h9-12,20H,3-8,13-19H2,1-2H3,(H,26,31)(H,27,33). The first-order chi connectivity index (χ1) is 16.5. The summed E-state index contributed by atoms with van der Waals surface area (Å²) in [5.41, 5.74) is 1.75. The van der Waals surface area contributed by atoms with E-state index in [1.165, 1.54) is 31.3 Å². The molecule has 3 rings (SSSR count). The van der Waals surface area contributed by atoms with Crippen molar-refractivity contribution in [3.8, 4) is 0 Å². The molecular weight excluding hydrogens is 434 g/mol. The Kier molecular flexibility index (Phi) is 10.00. The maximum atomic E-state index is 12.6. The first kappa shape index (κ1) is 25.8. The van der Waals surface area contributed by atoms with E-state index in [1.807, 2.05) is 36.1 Å². The number of hydrogen-bond donors (Lipinski definition) is 2. The highest BCUT2D eigenvalue weighted by Crippen LogP contribution is 2.21. The number of amides is 4. The van der Waals surface area contributed by atoms with Gasteiger partial charge in [-0.25, -0.2) is 4.79 Å². The van der Waals surface area contributed by atoms with Crippen molar-refractivity contribution < 1.29 is 19.1 Å². The lowest BCUT2D eigenvalue weighted by molar-refractivity contribution is -0.138. The monoisotopic (exact) mass is 473 g/mol. The van der Waals surface area contributed by atoms with Crippen LogP contribution in [-0.2, 0) is 14.3 Å². The van der Waals surface area contributed by atoms with Crippen molar-refractivity contribution in [2.75, 3.05) is 63.2 Å². The second-order valence-corrected chi connectivity index (χ2v) is 9.10. The predicted molar refractivity (Wildman–Crippen MR) is 133 cm³/mol. The Balaban J connectivity index is 1.45. The molecule has 34 heavy (non-hydrogen) atoms. The van der Waals surface area contributed by atoms with E-state index in [0.717, 1.165) is 38.0 Å². The van der Waals surface area contributed by atoms with Gasteiger partial charge in [0.25, 0.3) is 0 Å². The van der Waals surface area contributed by atoms with Gasteiger partial charge in [-0.15, -0.1) is 0 Å². The third kappa shape index (κ3) is 7.62. The lowest BCUT2D eigenvalue weighted by Crippen LogP contribution is -2.53. The summed E-state index contributed by atoms with van der Waals surface area (Å²) in [5.74, 6) is -0.426. The largest absolute Gasteiger partial charge is 0.375 e. The Bertz CT molecular complexity index is 802. The Morgan fingerprint density at radius 3 is 2.32 bits per heavy atom. The fourth-order valence-electron chi connectivity index (χ4n) is 4.59. The van der Waals surface area contributed by atoms with Crippen LogP contribution in [0.3, 0.4) is 0 Å². The highest BCUT2D eigenvalue weighted by Gasteiger charge is 2.24. The topological polar surface area (TPSA) is 94.2 Å². The predicted octanol–water partition coefficient (Wildman–Crippen LogP) is 2.67. The molecule has 0 bridgehead atoms. The van der Waals surface area contributed by atoms with Gasteiger partial charge in [-0.2, -0.15) is 0 Å². The van der Waals surface area contributed by atoms with Gasteiger partial charge in [0.05, 0.1) is 6.54 Å². The minimum absolute atomic E-state index is 0.00264. The number of rotatable bonds is 9. The van der Waals surface area contributed by atoms with E-state index >= 15 is 0 Å². The van der Waals surface area contributed by atoms with E-state index < -0.39 is 0 Å². The SMILES string of the molecule is CCCN(CC(=O)Nc1ccc(N2CCN(C(=O)NC3CCCCC3)CC2)cc1)C(=O)COC. The lowest BCUT2D eigenvalue weighted by atomic mass is 9.96. The summed E-state index contributed by atoms with van der Waals surface area (Å²) in [4.78, 5) is 42.8. The second-order valence-electron chi connectivity index (χ2n) is 9.10. The number of hydrogen-bond acceptors (Lipinski definition) is 5. The van der Waals surface area contributed by atoms with Crippen LogP contribution in [0.5, 0.6) is 0 Å². The molecule has 188 valence electrons. The average molecular weight is 474 g/mol. The quantitative estimate of drug-likeness (QED) is 0.575. The zero-order chi connectivity index (χ0) is 24.3. The van der Waals surface area contributed by atoms with E-state index in [-0.39, 0.29) is 31.0 Å². The number of anilines is 2. The normalized spacial score (nSPS) is 16.8. The Labute approximate surface area is 202 Å². The molecule has 4 amide bonds. The fraction of sp³-hybridized carbons (Fsp3) is 0.640. The van der Waals surface area contributed by atoms with Gasteiger partial charge >= 0.3 is 6.03 Å². The fourth-order valence-corrected chi connectivity index (χ4v) is 4.59. The van der Waals surface area contributed by atoms with Crippen LogP contribution in [0.1, 0.15) is 45.4 Å². The first-order valence-electron chi connectivity index (χ1n) is 12.5. The minimum atomic E-state index is -0.233. The molecule has 0 atom stereocenters. The molecule has 1 aliphatic heterocycles. The van der Waals surface area contributed by atoms with E-state index in [1.54, 1.807) is 0 Å². The summed E-state index contributed by atoms with van der Waals surface area (Å²) in [6.07, 6.45) is 6.64. The van der Waals surface area contributed by atoms with Gasteiger partial charge in [0.15, 0.2) is 0 Å². The number of nitrogens with zero attached hydrogens (tertiary/aromatic N) is 3. The van der Waals surface area contributed by atoms with Crippen molar-refractivity contribution in [1.29, 1.82) is 0 Å². The summed E-state index contributed by atoms with van der Waals surface area (Å²) in [5, 5.41) is 6.07. The number of benzene rings is 1. The summed E-state index contributed by atoms with van der Waals surface area (Å²) < 4.78 is 4.90. The minimum Gasteiger partial charge on any atom is -0.375 e. The van der Waals surface area contributed by atoms with Crippen LogP contribution in [0.4, 0.5) is 16.2 Å². The van der Waals surface area contributed by atoms with E-state index in [4.69, 9.17) is 4.74 Å². The van der Waals surface area contributed by atoms with Gasteiger partial charge in [-0.3, -0.25) is 9.59 Å². The van der Waals surface area contributed by atoms with Crippen molar-refractivity contribution in [2.24, 2.45) is 0 Å². The van der Waals surface area contributed by atoms with Gasteiger partial charge < -0.3 is 30.1 Å². The Hall–Kier alpha value is -2.81. The number of piperazine rings is 1. The van der Waals surface area contributed by atoms with Crippen LogP contribution in [-0.4, -0.2) is 86.7 Å². The smallest absolute Gasteiger partial charge is 0.317 e. The summed E-state index contributed by atoms with van der Waals surface area (Å²) in [6.45, 7) is 5.39. The molecule has 0 aromatic heterocycles. The number of carbonyl (C=O) groups is 3. The lowest BCUT2D eigenvalue weighted by Gasteiger charge is -2.37. The molecule has 2 aliphatic rings. The molecule has 1 aromatic carbocycles. The van der Waals surface area contributed by atoms with Crippen LogP contribution in [0.2, 0.25) is 0 Å². The van der Waals surface area contributed by atoms with Gasteiger partial charge in [0.2, 0.25) is 11.8 Å². The molecule has 0 spiro atoms. The first-order valence-corrected chi connectivity index (χ1v) is 12.5. The van der Waals surface area contributed by atoms with Crippen LogP contribution >= 0.6 is 0 Å². The summed E-state index contributed by atoms with van der Waals surface area (Å²) in [7, 11) is 1.47. The molecule has 1 heterocycles. The van der Waals surface area contributed by atoms with E-state index in [9.17, 15) is 14.4 Å². The van der Waals surface area contributed by atoms with Crippen molar-refractivity contribution in [2.45, 2.75) is 51.5 Å². The zero-order valence-corrected chi connectivity index (χ0v) is 20.6. The molecule has 0 unspecified atom stereocenters. The highest BCUT2D eigenvalue weighted by molar-refractivity contribution is 5.94. The molecule has 2 N–H and O–H groups in total. The summed E-state index contributed by atoms with van der Waals surface area (Å²) >= 11 is 0. The van der Waals surface area contributed by atoms with Crippen LogP contribution in [0.15, 0.2) is 24.3 Å². The highest BCUT2D eigenvalue weighted by atomic mass is 16.5. The molecule has 1 aromatic rings. The molecule has 1 saturated heterocycles. The van der Waals surface area contributed by atoms with Crippen molar-refractivity contribution in [3.05, 3.63) is 24.3 Å². The van der Waals surface area contributed by atoms with Gasteiger partial charge in [0, 0.05) is 57.3 Å². The number of carbonyl (C=O) groups excluding carboxylic acids is 3. The molecule has 9 heteroatoms. The molecule has 1 aliphatic carbocycles. The molecule has 0 radical (unpaired) electrons. The van der Waals surface area contributed by atoms with Crippen LogP contribution in [0, 0.1) is 0 Å². The van der Waals surface area contributed by atoms with E-state index in [2.05, 4.69) is 15.5 Å². The number of methoxy groups -OCH3 is 1. The zero-order valence-electron chi connectivity index (χ0n) is 20.6. The maximum Gasteiger partial charge on any atom is 0.317 e. The average Bonchev–Trinajstić information content (AvgIpc) is 2.85. The number of urea groups is 1. The number of nitrogens with one attached hydrogen (secondary N) is 2. The number of ether oxygens (including phenoxy) is 1. The van der Waals surface area contributed by atoms with Crippen LogP contribution in [0.25, 0.3) is 0 Å². The second kappa shape index (κ2) is 13.2. The maximum absolute atomic E-state index is 12.6. The third-order valence-corrected chi connectivity index (χ3v) is 6.46. The Morgan fingerprint density at radius 1 is 1.03 bits per heavy atom. The van der Waals surface area contributed by atoms with Crippen molar-refractivity contribution in [1.82, 2.24) is 15.1 Å². The van der Waals surface area contributed by atoms with Gasteiger partial charge in [0.1, 0.15) is 6.61 Å². The molecule has 2 fully saturated rings. The van der Waals surface area contributed by atoms with Crippen molar-refractivity contribution in [3.63, 3.8) is 0 Å². The van der Waals surface area contributed by atoms with Crippen molar-refractivity contribution >= 4 is 29.2 Å². The Morgan fingerprint density at radius 2 is 1.71 bits per heavy atom. The van der Waals surface area contributed by atoms with E-state index in [0.29, 0.717) is 31.4 Å². The molecule has 9 nitrogen and oxygen atoms in total. The molecule has 1 saturated carbocycles. The third-order valence-electron chi connectivity index (χ3n) is 6.46. The summed E-state index contributed by atoms with van der Waals surface area (Å²) in [6, 6.07) is 8.09. The van der Waals surface area contributed by atoms with Gasteiger partial charge in [-0.1, -0.05) is 26.2 Å².